The van der Waals surface area contributed by atoms with Crippen molar-refractivity contribution in [2.75, 3.05) is 0 Å². The highest BCUT2D eigenvalue weighted by atomic mass is 32.1. The molecule has 3 aromatic heterocycles. The van der Waals surface area contributed by atoms with Crippen molar-refractivity contribution in [3.8, 4) is 10.6 Å². The molecule has 0 radical (unpaired) electrons. The van der Waals surface area contributed by atoms with Gasteiger partial charge in [0.2, 0.25) is 0 Å². The molecule has 3 heterocycles. The normalized spacial score (nSPS) is 10.9. The molecule has 21 heavy (non-hydrogen) atoms. The van der Waals surface area contributed by atoms with E-state index in [-0.39, 0.29) is 5.91 Å². The highest BCUT2D eigenvalue weighted by Gasteiger charge is 2.10. The van der Waals surface area contributed by atoms with E-state index in [2.05, 4.69) is 25.7 Å². The van der Waals surface area contributed by atoms with Crippen LogP contribution in [0.15, 0.2) is 53.2 Å². The molecule has 104 valence electrons. The predicted molar refractivity (Wildman–Crippen MR) is 81.2 cm³/mol. The average molecular weight is 297 g/mol. The van der Waals surface area contributed by atoms with Gasteiger partial charge in [0.15, 0.2) is 5.69 Å². The van der Waals surface area contributed by atoms with Crippen molar-refractivity contribution in [1.29, 1.82) is 0 Å². The first-order valence-corrected chi connectivity index (χ1v) is 7.03. The van der Waals surface area contributed by atoms with Crippen LogP contribution in [-0.4, -0.2) is 27.3 Å². The number of pyridine rings is 1. The molecular formula is C14H11N5OS. The molecule has 3 rings (SSSR count). The van der Waals surface area contributed by atoms with Crippen molar-refractivity contribution in [3.63, 3.8) is 0 Å². The Morgan fingerprint density at radius 2 is 2.33 bits per heavy atom. The fourth-order valence-corrected chi connectivity index (χ4v) is 2.36. The van der Waals surface area contributed by atoms with Crippen LogP contribution in [0.25, 0.3) is 10.6 Å². The zero-order chi connectivity index (χ0) is 14.5. The number of carbonyl (C=O) groups excluding carboxylic acids is 1. The van der Waals surface area contributed by atoms with E-state index < -0.39 is 0 Å². The molecule has 0 spiro atoms. The summed E-state index contributed by atoms with van der Waals surface area (Å²) in [5, 5.41) is 12.7. The topological polar surface area (TPSA) is 83.0 Å². The lowest BCUT2D eigenvalue weighted by Gasteiger charge is -1.94. The van der Waals surface area contributed by atoms with Gasteiger partial charge in [0.05, 0.1) is 16.8 Å². The zero-order valence-electron chi connectivity index (χ0n) is 10.9. The van der Waals surface area contributed by atoms with Crippen LogP contribution in [0.3, 0.4) is 0 Å². The van der Waals surface area contributed by atoms with Crippen LogP contribution in [0, 0.1) is 0 Å². The summed E-state index contributed by atoms with van der Waals surface area (Å²) in [6, 6.07) is 9.23. The van der Waals surface area contributed by atoms with E-state index in [1.54, 1.807) is 35.9 Å². The fourth-order valence-electron chi connectivity index (χ4n) is 1.67. The van der Waals surface area contributed by atoms with Crippen LogP contribution in [0.2, 0.25) is 0 Å². The summed E-state index contributed by atoms with van der Waals surface area (Å²) in [6.45, 7) is 0. The van der Waals surface area contributed by atoms with E-state index in [0.717, 1.165) is 16.1 Å². The minimum atomic E-state index is -0.366. The highest BCUT2D eigenvalue weighted by molar-refractivity contribution is 7.13. The molecule has 0 saturated carbocycles. The predicted octanol–water partition coefficient (Wildman–Crippen LogP) is 2.30. The average Bonchev–Trinajstić information content (AvgIpc) is 3.19. The summed E-state index contributed by atoms with van der Waals surface area (Å²) >= 11 is 1.58. The van der Waals surface area contributed by atoms with Crippen molar-refractivity contribution in [3.05, 3.63) is 59.4 Å². The van der Waals surface area contributed by atoms with Gasteiger partial charge >= 0.3 is 0 Å². The summed E-state index contributed by atoms with van der Waals surface area (Å²) in [5.41, 5.74) is 4.34. The number of thiophene rings is 1. The number of hydrogen-bond donors (Lipinski definition) is 2. The molecule has 6 nitrogen and oxygen atoms in total. The van der Waals surface area contributed by atoms with E-state index >= 15 is 0 Å². The fraction of sp³-hybridized carbons (Fsp3) is 0. The third-order valence-corrected chi connectivity index (χ3v) is 3.56. The van der Waals surface area contributed by atoms with Crippen LogP contribution in [-0.2, 0) is 0 Å². The molecule has 7 heteroatoms. The number of rotatable bonds is 4. The number of hydrogen-bond acceptors (Lipinski definition) is 5. The Morgan fingerprint density at radius 1 is 1.38 bits per heavy atom. The van der Waals surface area contributed by atoms with E-state index in [4.69, 9.17) is 0 Å². The molecule has 0 atom stereocenters. The maximum Gasteiger partial charge on any atom is 0.291 e. The summed E-state index contributed by atoms with van der Waals surface area (Å²) in [4.78, 5) is 16.9. The van der Waals surface area contributed by atoms with Gasteiger partial charge in [-0.3, -0.25) is 14.9 Å². The molecule has 0 bridgehead atoms. The van der Waals surface area contributed by atoms with Crippen molar-refractivity contribution < 1.29 is 4.79 Å². The second-order valence-corrected chi connectivity index (χ2v) is 5.08. The Labute approximate surface area is 124 Å². The molecule has 0 aliphatic rings. The van der Waals surface area contributed by atoms with Gasteiger partial charge in [0.25, 0.3) is 5.91 Å². The quantitative estimate of drug-likeness (QED) is 0.572. The Kier molecular flexibility index (Phi) is 3.83. The molecule has 0 saturated heterocycles. The van der Waals surface area contributed by atoms with Crippen LogP contribution in [0.4, 0.5) is 0 Å². The smallest absolute Gasteiger partial charge is 0.276 e. The molecule has 3 aromatic rings. The van der Waals surface area contributed by atoms with Crippen molar-refractivity contribution in [2.24, 2.45) is 5.10 Å². The molecule has 1 amide bonds. The largest absolute Gasteiger partial charge is 0.291 e. The summed E-state index contributed by atoms with van der Waals surface area (Å²) in [5.74, 6) is -0.366. The van der Waals surface area contributed by atoms with Gasteiger partial charge < -0.3 is 0 Å². The minimum absolute atomic E-state index is 0.293. The molecule has 0 aromatic carbocycles. The number of hydrazone groups is 1. The second kappa shape index (κ2) is 6.10. The maximum atomic E-state index is 11.9. The lowest BCUT2D eigenvalue weighted by atomic mass is 10.3. The zero-order valence-corrected chi connectivity index (χ0v) is 11.7. The van der Waals surface area contributed by atoms with Gasteiger partial charge in [-0.05, 0) is 23.6 Å². The van der Waals surface area contributed by atoms with Gasteiger partial charge in [-0.2, -0.15) is 10.2 Å². The van der Waals surface area contributed by atoms with Crippen LogP contribution >= 0.6 is 11.3 Å². The van der Waals surface area contributed by atoms with Crippen molar-refractivity contribution in [2.45, 2.75) is 0 Å². The highest BCUT2D eigenvalue weighted by Crippen LogP contribution is 2.22. The number of nitrogens with one attached hydrogen (secondary N) is 2. The van der Waals surface area contributed by atoms with Crippen LogP contribution < -0.4 is 5.43 Å². The second-order valence-electron chi connectivity index (χ2n) is 4.13. The number of amides is 1. The van der Waals surface area contributed by atoms with Gasteiger partial charge in [-0.1, -0.05) is 12.1 Å². The van der Waals surface area contributed by atoms with Gasteiger partial charge in [-0.15, -0.1) is 11.3 Å². The summed E-state index contributed by atoms with van der Waals surface area (Å²) in [7, 11) is 0. The molecule has 0 aliphatic carbocycles. The maximum absolute atomic E-state index is 11.9. The molecule has 0 aliphatic heterocycles. The van der Waals surface area contributed by atoms with Gasteiger partial charge in [-0.25, -0.2) is 5.43 Å². The monoisotopic (exact) mass is 297 g/mol. The Morgan fingerprint density at radius 3 is 3.10 bits per heavy atom. The van der Waals surface area contributed by atoms with E-state index in [1.807, 2.05) is 23.6 Å². The van der Waals surface area contributed by atoms with Crippen molar-refractivity contribution in [1.82, 2.24) is 20.6 Å². The van der Waals surface area contributed by atoms with E-state index in [0.29, 0.717) is 5.69 Å². The van der Waals surface area contributed by atoms with Crippen LogP contribution in [0.5, 0.6) is 0 Å². The number of H-pyrrole nitrogens is 1. The van der Waals surface area contributed by atoms with Gasteiger partial charge in [0.1, 0.15) is 0 Å². The number of carbonyl (C=O) groups is 1. The first kappa shape index (κ1) is 13.2. The number of aromatic amines is 1. The Bertz CT molecular complexity index is 749. The van der Waals surface area contributed by atoms with Gasteiger partial charge in [0, 0.05) is 18.0 Å². The third kappa shape index (κ3) is 3.21. The lowest BCUT2D eigenvalue weighted by Crippen LogP contribution is -2.18. The number of nitrogens with zero attached hydrogens (tertiary/aromatic N) is 3. The van der Waals surface area contributed by atoms with E-state index in [9.17, 15) is 4.79 Å². The standard InChI is InChI=1S/C14H11N5OS/c20-14(19-16-9-10-3-1-5-15-8-10)12-7-11(17-18-12)13-4-2-6-21-13/h1-9H,(H,17,18)(H,19,20). The van der Waals surface area contributed by atoms with Crippen LogP contribution in [0.1, 0.15) is 16.1 Å². The Balaban J connectivity index is 1.65. The first-order chi connectivity index (χ1) is 10.3. The molecule has 2 N–H and O–H groups in total. The number of aromatic nitrogens is 3. The molecule has 0 unspecified atom stereocenters. The molecular weight excluding hydrogens is 286 g/mol. The molecule has 0 fully saturated rings. The van der Waals surface area contributed by atoms with E-state index in [1.165, 1.54) is 6.21 Å². The SMILES string of the molecule is O=C(NN=Cc1cccnc1)c1cc(-c2cccs2)[nH]n1. The Hall–Kier alpha value is -2.80. The lowest BCUT2D eigenvalue weighted by molar-refractivity contribution is 0.0950. The minimum Gasteiger partial charge on any atom is -0.276 e. The first-order valence-electron chi connectivity index (χ1n) is 6.15. The summed E-state index contributed by atoms with van der Waals surface area (Å²) < 4.78 is 0. The third-order valence-electron chi connectivity index (χ3n) is 2.66. The van der Waals surface area contributed by atoms with Crippen molar-refractivity contribution >= 4 is 23.5 Å². The summed E-state index contributed by atoms with van der Waals surface area (Å²) in [6.07, 6.45) is 4.85.